The molecule has 0 aliphatic rings. The minimum absolute atomic E-state index is 0.0456. The van der Waals surface area contributed by atoms with Gasteiger partial charge in [0.1, 0.15) is 16.3 Å². The maximum atomic E-state index is 13.4. The first-order chi connectivity index (χ1) is 12.4. The summed E-state index contributed by atoms with van der Waals surface area (Å²) >= 11 is 0. The predicted molar refractivity (Wildman–Crippen MR) is 99.0 cm³/mol. The van der Waals surface area contributed by atoms with E-state index in [2.05, 4.69) is 0 Å². The maximum absolute atomic E-state index is 13.4. The first-order valence-electron chi connectivity index (χ1n) is 8.31. The molecule has 0 unspecified atom stereocenters. The second-order valence-electron chi connectivity index (χ2n) is 5.77. The number of sulfone groups is 1. The Labute approximate surface area is 152 Å². The topological polar surface area (TPSA) is 90.9 Å². The zero-order chi connectivity index (χ0) is 18.9. The van der Waals surface area contributed by atoms with Gasteiger partial charge in [-0.05, 0) is 43.2 Å². The lowest BCUT2D eigenvalue weighted by molar-refractivity contribution is 0.0523. The molecule has 2 N–H and O–H groups in total. The molecule has 0 bridgehead atoms. The summed E-state index contributed by atoms with van der Waals surface area (Å²) < 4.78 is 33.3. The molecule has 0 aliphatic heterocycles. The van der Waals surface area contributed by atoms with E-state index in [-0.39, 0.29) is 27.8 Å². The number of esters is 1. The SMILES string of the molecule is CCOC(=O)c1c(S(=O)(=O)c2cccc(CC)c2)c2ccccn2c1N. The van der Waals surface area contributed by atoms with Gasteiger partial charge in [0.15, 0.2) is 0 Å². The first-order valence-corrected chi connectivity index (χ1v) is 9.79. The monoisotopic (exact) mass is 372 g/mol. The number of ether oxygens (including phenoxy) is 1. The molecule has 0 fully saturated rings. The van der Waals surface area contributed by atoms with Crippen LogP contribution >= 0.6 is 0 Å². The largest absolute Gasteiger partial charge is 0.462 e. The minimum atomic E-state index is -3.97. The summed E-state index contributed by atoms with van der Waals surface area (Å²) in [6.07, 6.45) is 2.32. The lowest BCUT2D eigenvalue weighted by Gasteiger charge is -2.08. The van der Waals surface area contributed by atoms with Gasteiger partial charge in [0.05, 0.1) is 17.0 Å². The Morgan fingerprint density at radius 2 is 1.92 bits per heavy atom. The number of nitrogens with zero attached hydrogens (tertiary/aromatic N) is 1. The molecule has 0 saturated carbocycles. The van der Waals surface area contributed by atoms with Crippen LogP contribution in [-0.2, 0) is 21.0 Å². The van der Waals surface area contributed by atoms with Crippen LogP contribution in [0.1, 0.15) is 29.8 Å². The Hall–Kier alpha value is -2.80. The number of pyridine rings is 1. The van der Waals surface area contributed by atoms with Crippen LogP contribution in [0, 0.1) is 0 Å². The van der Waals surface area contributed by atoms with E-state index >= 15 is 0 Å². The van der Waals surface area contributed by atoms with Gasteiger partial charge < -0.3 is 14.9 Å². The summed E-state index contributed by atoms with van der Waals surface area (Å²) in [4.78, 5) is 12.5. The van der Waals surface area contributed by atoms with Crippen LogP contribution in [-0.4, -0.2) is 25.4 Å². The number of aryl methyl sites for hydroxylation is 1. The molecule has 2 heterocycles. The molecule has 0 saturated heterocycles. The van der Waals surface area contributed by atoms with E-state index in [1.165, 1.54) is 10.5 Å². The molecular formula is C19H20N2O4S. The van der Waals surface area contributed by atoms with Crippen LogP contribution < -0.4 is 5.73 Å². The number of benzene rings is 1. The van der Waals surface area contributed by atoms with Crippen molar-refractivity contribution in [3.05, 3.63) is 59.8 Å². The molecule has 0 aliphatic carbocycles. The molecule has 0 spiro atoms. The fourth-order valence-corrected chi connectivity index (χ4v) is 4.62. The van der Waals surface area contributed by atoms with Crippen molar-refractivity contribution in [2.45, 2.75) is 30.1 Å². The molecule has 3 aromatic rings. The third kappa shape index (κ3) is 2.84. The smallest absolute Gasteiger partial charge is 0.343 e. The molecule has 0 atom stereocenters. The zero-order valence-corrected chi connectivity index (χ0v) is 15.4. The number of aromatic nitrogens is 1. The number of nitrogen functional groups attached to an aromatic ring is 1. The molecular weight excluding hydrogens is 352 g/mol. The lowest BCUT2D eigenvalue weighted by atomic mass is 10.2. The van der Waals surface area contributed by atoms with Crippen molar-refractivity contribution in [2.75, 3.05) is 12.3 Å². The molecule has 6 nitrogen and oxygen atoms in total. The average Bonchev–Trinajstić information content (AvgIpc) is 2.96. The first kappa shape index (κ1) is 18.0. The standard InChI is InChI=1S/C19H20N2O4S/c1-3-13-8-7-9-14(12-13)26(23,24)17-15-10-5-6-11-21(15)18(20)16(17)19(22)25-4-2/h5-12H,3-4,20H2,1-2H3. The summed E-state index contributed by atoms with van der Waals surface area (Å²) in [6, 6.07) is 11.7. The van der Waals surface area contributed by atoms with Gasteiger partial charge in [-0.25, -0.2) is 13.2 Å². The van der Waals surface area contributed by atoms with E-state index in [0.29, 0.717) is 11.9 Å². The summed E-state index contributed by atoms with van der Waals surface area (Å²) in [5.74, 6) is -0.705. The van der Waals surface area contributed by atoms with Crippen LogP contribution in [0.5, 0.6) is 0 Å². The minimum Gasteiger partial charge on any atom is -0.462 e. The molecule has 0 radical (unpaired) electrons. The third-order valence-corrected chi connectivity index (χ3v) is 6.03. The van der Waals surface area contributed by atoms with Gasteiger partial charge in [0, 0.05) is 6.20 Å². The van der Waals surface area contributed by atoms with Gasteiger partial charge in [-0.3, -0.25) is 0 Å². The van der Waals surface area contributed by atoms with Crippen LogP contribution in [0.4, 0.5) is 5.82 Å². The van der Waals surface area contributed by atoms with Gasteiger partial charge in [0.2, 0.25) is 9.84 Å². The van der Waals surface area contributed by atoms with Crippen molar-refractivity contribution in [1.29, 1.82) is 0 Å². The van der Waals surface area contributed by atoms with E-state index in [1.807, 2.05) is 13.0 Å². The molecule has 7 heteroatoms. The van der Waals surface area contributed by atoms with Crippen LogP contribution in [0.2, 0.25) is 0 Å². The van der Waals surface area contributed by atoms with Crippen molar-refractivity contribution in [3.8, 4) is 0 Å². The Kier molecular flexibility index (Phi) is 4.73. The lowest BCUT2D eigenvalue weighted by Crippen LogP contribution is -2.12. The summed E-state index contributed by atoms with van der Waals surface area (Å²) in [6.45, 7) is 3.72. The summed E-state index contributed by atoms with van der Waals surface area (Å²) in [5, 5.41) is 0. The number of carbonyl (C=O) groups excluding carboxylic acids is 1. The van der Waals surface area contributed by atoms with E-state index in [9.17, 15) is 13.2 Å². The fraction of sp³-hybridized carbons (Fsp3) is 0.211. The van der Waals surface area contributed by atoms with Gasteiger partial charge >= 0.3 is 5.97 Å². The van der Waals surface area contributed by atoms with Crippen molar-refractivity contribution in [3.63, 3.8) is 0 Å². The van der Waals surface area contributed by atoms with Crippen molar-refractivity contribution in [1.82, 2.24) is 4.40 Å². The highest BCUT2D eigenvalue weighted by Gasteiger charge is 2.33. The van der Waals surface area contributed by atoms with Crippen LogP contribution in [0.15, 0.2) is 58.5 Å². The molecule has 26 heavy (non-hydrogen) atoms. The molecule has 1 aromatic carbocycles. The number of fused-ring (bicyclic) bond motifs is 1. The second-order valence-corrected chi connectivity index (χ2v) is 7.66. The highest BCUT2D eigenvalue weighted by molar-refractivity contribution is 7.91. The van der Waals surface area contributed by atoms with Crippen LogP contribution in [0.25, 0.3) is 5.52 Å². The molecule has 2 aromatic heterocycles. The number of rotatable bonds is 5. The summed E-state index contributed by atoms with van der Waals surface area (Å²) in [7, 11) is -3.97. The van der Waals surface area contributed by atoms with Gasteiger partial charge in [-0.2, -0.15) is 0 Å². The Bertz CT molecular complexity index is 1080. The van der Waals surface area contributed by atoms with E-state index < -0.39 is 15.8 Å². The highest BCUT2D eigenvalue weighted by Crippen LogP contribution is 2.34. The van der Waals surface area contributed by atoms with Gasteiger partial charge in [-0.15, -0.1) is 0 Å². The molecule has 3 rings (SSSR count). The van der Waals surface area contributed by atoms with E-state index in [1.54, 1.807) is 43.5 Å². The molecule has 0 amide bonds. The number of hydrogen-bond donors (Lipinski definition) is 1. The van der Waals surface area contributed by atoms with Gasteiger partial charge in [-0.1, -0.05) is 25.1 Å². The van der Waals surface area contributed by atoms with Crippen molar-refractivity contribution >= 4 is 27.1 Å². The van der Waals surface area contributed by atoms with Crippen molar-refractivity contribution in [2.24, 2.45) is 0 Å². The Balaban J connectivity index is 2.35. The highest BCUT2D eigenvalue weighted by atomic mass is 32.2. The predicted octanol–water partition coefficient (Wildman–Crippen LogP) is 3.09. The number of hydrogen-bond acceptors (Lipinski definition) is 5. The second kappa shape index (κ2) is 6.84. The maximum Gasteiger partial charge on any atom is 0.343 e. The number of anilines is 1. The number of carbonyl (C=O) groups is 1. The quantitative estimate of drug-likeness (QED) is 0.695. The third-order valence-electron chi connectivity index (χ3n) is 4.20. The van der Waals surface area contributed by atoms with E-state index in [4.69, 9.17) is 10.5 Å². The Morgan fingerprint density at radius 3 is 2.62 bits per heavy atom. The van der Waals surface area contributed by atoms with E-state index in [0.717, 1.165) is 5.56 Å². The normalized spacial score (nSPS) is 11.6. The molecule has 136 valence electrons. The van der Waals surface area contributed by atoms with Gasteiger partial charge in [0.25, 0.3) is 0 Å². The van der Waals surface area contributed by atoms with Crippen LogP contribution in [0.3, 0.4) is 0 Å². The number of nitrogens with two attached hydrogens (primary N) is 1. The fourth-order valence-electron chi connectivity index (χ4n) is 2.93. The zero-order valence-electron chi connectivity index (χ0n) is 14.6. The average molecular weight is 372 g/mol. The Morgan fingerprint density at radius 1 is 1.15 bits per heavy atom. The van der Waals surface area contributed by atoms with Crippen molar-refractivity contribution < 1.29 is 17.9 Å². The summed E-state index contributed by atoms with van der Waals surface area (Å²) in [5.41, 5.74) is 7.21.